The second-order valence-electron chi connectivity index (χ2n) is 6.56. The number of nitrogens with one attached hydrogen (secondary N) is 3. The number of ether oxygens (including phenoxy) is 1. The van der Waals surface area contributed by atoms with Gasteiger partial charge in [-0.25, -0.2) is 10.2 Å². The van der Waals surface area contributed by atoms with Crippen molar-refractivity contribution in [3.8, 4) is 5.75 Å². The topological polar surface area (TPSA) is 99.7 Å². The minimum Gasteiger partial charge on any atom is -0.497 e. The molecule has 1 heterocycles. The van der Waals surface area contributed by atoms with Crippen LogP contribution in [0.25, 0.3) is 0 Å². The van der Waals surface area contributed by atoms with Crippen molar-refractivity contribution in [2.24, 2.45) is 5.41 Å². The largest absolute Gasteiger partial charge is 0.497 e. The summed E-state index contributed by atoms with van der Waals surface area (Å²) in [6.45, 7) is 0.481. The lowest BCUT2D eigenvalue weighted by atomic mass is 9.62. The van der Waals surface area contributed by atoms with Gasteiger partial charge in [-0.2, -0.15) is 0 Å². The SMILES string of the molecule is COc1ccc(NC(=O)C2(C(=O)O)NNCC23CCCCC3)cc1. The molecule has 0 bridgehead atoms. The number of hydrogen-bond donors (Lipinski definition) is 4. The number of hydrazine groups is 1. The molecule has 1 saturated heterocycles. The number of carboxylic acid groups (broad SMARTS) is 1. The highest BCUT2D eigenvalue weighted by molar-refractivity contribution is 6.13. The third kappa shape index (κ3) is 2.53. The fourth-order valence-corrected chi connectivity index (χ4v) is 3.97. The predicted molar refractivity (Wildman–Crippen MR) is 88.6 cm³/mol. The summed E-state index contributed by atoms with van der Waals surface area (Å²) in [4.78, 5) is 25.1. The first-order valence-electron chi connectivity index (χ1n) is 8.23. The maximum atomic E-state index is 13.0. The molecule has 1 amide bonds. The summed E-state index contributed by atoms with van der Waals surface area (Å²) in [5, 5.41) is 12.7. The lowest BCUT2D eigenvalue weighted by Crippen LogP contribution is -2.66. The Morgan fingerprint density at radius 1 is 1.17 bits per heavy atom. The highest BCUT2D eigenvalue weighted by Gasteiger charge is 2.65. The molecule has 1 atom stereocenters. The fourth-order valence-electron chi connectivity index (χ4n) is 3.97. The predicted octanol–water partition coefficient (Wildman–Crippen LogP) is 1.52. The van der Waals surface area contributed by atoms with Crippen molar-refractivity contribution in [2.45, 2.75) is 37.6 Å². The van der Waals surface area contributed by atoms with Crippen molar-refractivity contribution >= 4 is 17.6 Å². The van der Waals surface area contributed by atoms with Crippen LogP contribution in [0.5, 0.6) is 5.75 Å². The van der Waals surface area contributed by atoms with Gasteiger partial charge in [-0.15, -0.1) is 0 Å². The first kappa shape index (κ1) is 16.7. The summed E-state index contributed by atoms with van der Waals surface area (Å²) < 4.78 is 5.09. The van der Waals surface area contributed by atoms with E-state index in [1.54, 1.807) is 31.4 Å². The van der Waals surface area contributed by atoms with Gasteiger partial charge in [0.1, 0.15) is 5.75 Å². The molecule has 2 aliphatic rings. The van der Waals surface area contributed by atoms with E-state index in [1.807, 2.05) is 0 Å². The second kappa shape index (κ2) is 6.41. The van der Waals surface area contributed by atoms with Gasteiger partial charge in [0.25, 0.3) is 5.91 Å². The number of benzene rings is 1. The van der Waals surface area contributed by atoms with Gasteiger partial charge in [0.05, 0.1) is 7.11 Å². The van der Waals surface area contributed by atoms with E-state index in [-0.39, 0.29) is 0 Å². The lowest BCUT2D eigenvalue weighted by molar-refractivity contribution is -0.155. The van der Waals surface area contributed by atoms with Crippen LogP contribution >= 0.6 is 0 Å². The number of carbonyl (C=O) groups is 2. The van der Waals surface area contributed by atoms with Crippen molar-refractivity contribution in [3.63, 3.8) is 0 Å². The van der Waals surface area contributed by atoms with E-state index in [9.17, 15) is 14.7 Å². The number of aliphatic carboxylic acids is 1. The summed E-state index contributed by atoms with van der Waals surface area (Å²) in [5.74, 6) is -1.00. The van der Waals surface area contributed by atoms with Crippen LogP contribution in [0.1, 0.15) is 32.1 Å². The van der Waals surface area contributed by atoms with Crippen molar-refractivity contribution in [3.05, 3.63) is 24.3 Å². The average Bonchev–Trinajstić information content (AvgIpc) is 2.95. The number of methoxy groups -OCH3 is 1. The lowest BCUT2D eigenvalue weighted by Gasteiger charge is -2.42. The van der Waals surface area contributed by atoms with Crippen LogP contribution in [0.2, 0.25) is 0 Å². The quantitative estimate of drug-likeness (QED) is 0.624. The highest BCUT2D eigenvalue weighted by atomic mass is 16.5. The summed E-state index contributed by atoms with van der Waals surface area (Å²) >= 11 is 0. The van der Waals surface area contributed by atoms with E-state index in [0.717, 1.165) is 32.1 Å². The normalized spacial score (nSPS) is 25.4. The van der Waals surface area contributed by atoms with Gasteiger partial charge in [-0.05, 0) is 37.1 Å². The zero-order valence-corrected chi connectivity index (χ0v) is 13.7. The Hall–Kier alpha value is -2.12. The molecule has 7 heteroatoms. The van der Waals surface area contributed by atoms with Crippen LogP contribution in [-0.2, 0) is 9.59 Å². The van der Waals surface area contributed by atoms with Crippen LogP contribution in [0.3, 0.4) is 0 Å². The van der Waals surface area contributed by atoms with E-state index in [4.69, 9.17) is 4.74 Å². The monoisotopic (exact) mass is 333 g/mol. The Morgan fingerprint density at radius 2 is 1.83 bits per heavy atom. The third-order valence-electron chi connectivity index (χ3n) is 5.32. The van der Waals surface area contributed by atoms with E-state index in [0.29, 0.717) is 18.0 Å². The number of hydrogen-bond acceptors (Lipinski definition) is 5. The molecule has 1 aromatic carbocycles. The maximum Gasteiger partial charge on any atom is 0.335 e. The van der Waals surface area contributed by atoms with Crippen LogP contribution in [0.15, 0.2) is 24.3 Å². The van der Waals surface area contributed by atoms with Crippen LogP contribution in [0.4, 0.5) is 5.69 Å². The van der Waals surface area contributed by atoms with E-state index >= 15 is 0 Å². The van der Waals surface area contributed by atoms with Crippen molar-refractivity contribution in [1.29, 1.82) is 0 Å². The second-order valence-corrected chi connectivity index (χ2v) is 6.56. The van der Waals surface area contributed by atoms with Gasteiger partial charge >= 0.3 is 5.97 Å². The Balaban J connectivity index is 1.89. The smallest absolute Gasteiger partial charge is 0.335 e. The molecule has 4 N–H and O–H groups in total. The van der Waals surface area contributed by atoms with Crippen LogP contribution in [-0.4, -0.2) is 36.2 Å². The molecule has 0 aromatic heterocycles. The molecule has 1 aliphatic carbocycles. The standard InChI is InChI=1S/C17H23N3O4/c1-24-13-7-5-12(6-8-13)19-14(21)17(15(22)23)16(11-18-20-17)9-3-2-4-10-16/h5-8,18,20H,2-4,9-11H2,1H3,(H,19,21)(H,22,23). The molecular weight excluding hydrogens is 310 g/mol. The third-order valence-corrected chi connectivity index (χ3v) is 5.32. The summed E-state index contributed by atoms with van der Waals surface area (Å²) in [6, 6.07) is 6.84. The average molecular weight is 333 g/mol. The Bertz CT molecular complexity index is 625. The van der Waals surface area contributed by atoms with E-state index in [1.165, 1.54) is 0 Å². The summed E-state index contributed by atoms with van der Waals surface area (Å²) in [6.07, 6.45) is 4.39. The summed E-state index contributed by atoms with van der Waals surface area (Å²) in [7, 11) is 1.56. The Morgan fingerprint density at radius 3 is 2.42 bits per heavy atom. The number of amides is 1. The number of carboxylic acids is 1. The molecule has 1 spiro atoms. The zero-order chi connectivity index (χ0) is 17.2. The minimum atomic E-state index is -1.66. The molecule has 1 aliphatic heterocycles. The summed E-state index contributed by atoms with van der Waals surface area (Å²) in [5.41, 5.74) is 3.99. The number of rotatable bonds is 4. The minimum absolute atomic E-state index is 0.481. The fraction of sp³-hybridized carbons (Fsp3) is 0.529. The zero-order valence-electron chi connectivity index (χ0n) is 13.7. The molecule has 24 heavy (non-hydrogen) atoms. The number of carbonyl (C=O) groups excluding carboxylic acids is 1. The molecule has 0 radical (unpaired) electrons. The van der Waals surface area contributed by atoms with Gasteiger partial charge in [0, 0.05) is 17.6 Å². The highest BCUT2D eigenvalue weighted by Crippen LogP contribution is 2.47. The number of anilines is 1. The molecule has 2 fully saturated rings. The van der Waals surface area contributed by atoms with Crippen molar-refractivity contribution in [2.75, 3.05) is 19.0 Å². The van der Waals surface area contributed by atoms with Gasteiger partial charge in [-0.1, -0.05) is 19.3 Å². The molecular formula is C17H23N3O4. The van der Waals surface area contributed by atoms with Crippen LogP contribution < -0.4 is 20.9 Å². The first-order valence-corrected chi connectivity index (χ1v) is 8.23. The molecule has 7 nitrogen and oxygen atoms in total. The van der Waals surface area contributed by atoms with Gasteiger partial charge in [-0.3, -0.25) is 10.2 Å². The van der Waals surface area contributed by atoms with Crippen LogP contribution in [0, 0.1) is 5.41 Å². The van der Waals surface area contributed by atoms with Crippen molar-refractivity contribution in [1.82, 2.24) is 10.9 Å². The van der Waals surface area contributed by atoms with Gasteiger partial charge in [0.15, 0.2) is 0 Å². The first-order chi connectivity index (χ1) is 11.5. The van der Waals surface area contributed by atoms with E-state index in [2.05, 4.69) is 16.2 Å². The van der Waals surface area contributed by atoms with Gasteiger partial charge < -0.3 is 15.2 Å². The Labute approximate surface area is 140 Å². The van der Waals surface area contributed by atoms with Gasteiger partial charge in [0.2, 0.25) is 5.54 Å². The Kier molecular flexibility index (Phi) is 4.47. The van der Waals surface area contributed by atoms with Crippen molar-refractivity contribution < 1.29 is 19.4 Å². The molecule has 3 rings (SSSR count). The molecule has 1 unspecified atom stereocenters. The van der Waals surface area contributed by atoms with E-state index < -0.39 is 22.8 Å². The maximum absolute atomic E-state index is 13.0. The molecule has 1 saturated carbocycles. The molecule has 130 valence electrons. The molecule has 1 aromatic rings.